The summed E-state index contributed by atoms with van der Waals surface area (Å²) in [5.41, 5.74) is 0.105. The molecule has 0 amide bonds. The van der Waals surface area contributed by atoms with Crippen molar-refractivity contribution in [1.82, 2.24) is 0 Å². The van der Waals surface area contributed by atoms with Crippen LogP contribution in [0.1, 0.15) is 5.56 Å². The van der Waals surface area contributed by atoms with Crippen molar-refractivity contribution in [2.75, 3.05) is 0 Å². The summed E-state index contributed by atoms with van der Waals surface area (Å²) in [6, 6.07) is 4.32. The van der Waals surface area contributed by atoms with E-state index < -0.39 is 6.61 Å². The molecule has 1 aromatic rings. The average Bonchev–Trinajstić information content (AvgIpc) is 2.09. The highest BCUT2D eigenvalue weighted by atomic mass is 35.5. The van der Waals surface area contributed by atoms with Gasteiger partial charge >= 0.3 is 6.61 Å². The smallest absolute Gasteiger partial charge is 0.387 e. The summed E-state index contributed by atoms with van der Waals surface area (Å²) in [7, 11) is 2.20. The number of rotatable bonds is 2. The number of alkyl halides is 2. The summed E-state index contributed by atoms with van der Waals surface area (Å²) in [4.78, 5) is 0. The minimum atomic E-state index is -2.91. The van der Waals surface area contributed by atoms with E-state index in [9.17, 15) is 8.78 Å². The van der Waals surface area contributed by atoms with Crippen molar-refractivity contribution in [3.8, 4) is 11.8 Å². The Morgan fingerprint density at radius 1 is 1.50 bits per heavy atom. The van der Waals surface area contributed by atoms with Gasteiger partial charge in [-0.3, -0.25) is 0 Å². The summed E-state index contributed by atoms with van der Waals surface area (Å²) in [5.74, 6) is -0.0639. The third kappa shape index (κ3) is 2.54. The summed E-state index contributed by atoms with van der Waals surface area (Å²) in [6.07, 6.45) is 0. The van der Waals surface area contributed by atoms with Crippen LogP contribution in [0.15, 0.2) is 12.1 Å². The van der Waals surface area contributed by atoms with Crippen LogP contribution in [0.5, 0.6) is 5.75 Å². The minimum Gasteiger partial charge on any atom is -0.434 e. The van der Waals surface area contributed by atoms with Gasteiger partial charge in [-0.05, 0) is 6.07 Å². The Balaban J connectivity index is 3.12. The van der Waals surface area contributed by atoms with Crippen molar-refractivity contribution in [2.24, 2.45) is 0 Å². The molecule has 0 bridgehead atoms. The van der Waals surface area contributed by atoms with E-state index in [-0.39, 0.29) is 16.3 Å². The lowest BCUT2D eigenvalue weighted by Gasteiger charge is -2.08. The summed E-state index contributed by atoms with van der Waals surface area (Å²) in [5, 5.41) is 9.17. The van der Waals surface area contributed by atoms with Crippen LogP contribution in [0, 0.1) is 11.3 Å². The Bertz CT molecular complexity index is 392. The molecule has 1 unspecified atom stereocenters. The molecule has 14 heavy (non-hydrogen) atoms. The van der Waals surface area contributed by atoms with Crippen LogP contribution in [0.25, 0.3) is 0 Å². The summed E-state index contributed by atoms with van der Waals surface area (Å²) >= 11 is 5.66. The zero-order chi connectivity index (χ0) is 10.7. The van der Waals surface area contributed by atoms with Crippen molar-refractivity contribution in [1.29, 1.82) is 5.26 Å². The zero-order valence-electron chi connectivity index (χ0n) is 6.80. The molecule has 0 N–H and O–H groups in total. The number of halogens is 3. The number of nitrogens with zero attached hydrogens (tertiary/aromatic N) is 1. The number of ether oxygens (including phenoxy) is 1. The first-order valence-corrected chi connectivity index (χ1v) is 4.44. The van der Waals surface area contributed by atoms with E-state index in [2.05, 4.69) is 14.0 Å². The fraction of sp³-hybridized carbons (Fsp3) is 0.125. The van der Waals surface area contributed by atoms with Gasteiger partial charge in [0.05, 0.1) is 10.6 Å². The van der Waals surface area contributed by atoms with Gasteiger partial charge < -0.3 is 4.74 Å². The van der Waals surface area contributed by atoms with Crippen molar-refractivity contribution in [3.05, 3.63) is 22.7 Å². The van der Waals surface area contributed by atoms with Crippen LogP contribution in [0.3, 0.4) is 0 Å². The van der Waals surface area contributed by atoms with Gasteiger partial charge in [-0.1, -0.05) is 11.6 Å². The Morgan fingerprint density at radius 2 is 2.14 bits per heavy atom. The van der Waals surface area contributed by atoms with Gasteiger partial charge in [0.25, 0.3) is 0 Å². The summed E-state index contributed by atoms with van der Waals surface area (Å²) < 4.78 is 28.0. The fourth-order valence-electron chi connectivity index (χ4n) is 0.852. The van der Waals surface area contributed by atoms with Crippen LogP contribution >= 0.6 is 20.8 Å². The predicted molar refractivity (Wildman–Crippen MR) is 52.1 cm³/mol. The maximum atomic E-state index is 11.9. The van der Waals surface area contributed by atoms with E-state index >= 15 is 0 Å². The van der Waals surface area contributed by atoms with Crippen LogP contribution in [-0.4, -0.2) is 6.61 Å². The van der Waals surface area contributed by atoms with E-state index in [1.165, 1.54) is 12.1 Å². The second-order valence-corrected chi connectivity index (χ2v) is 3.39. The van der Waals surface area contributed by atoms with Crippen LogP contribution in [-0.2, 0) is 0 Å². The number of hydrogen-bond acceptors (Lipinski definition) is 2. The molecule has 1 aromatic carbocycles. The molecule has 0 spiro atoms. The van der Waals surface area contributed by atoms with E-state index in [0.29, 0.717) is 5.30 Å². The lowest BCUT2D eigenvalue weighted by atomic mass is 10.2. The van der Waals surface area contributed by atoms with Crippen LogP contribution in [0.4, 0.5) is 8.78 Å². The molecule has 1 rings (SSSR count). The molecule has 0 saturated carbocycles. The van der Waals surface area contributed by atoms with Crippen LogP contribution < -0.4 is 10.0 Å². The molecular formula is C8H5ClF2NOP. The van der Waals surface area contributed by atoms with E-state index in [4.69, 9.17) is 16.9 Å². The largest absolute Gasteiger partial charge is 0.434 e. The standard InChI is InChI=1S/C8H5ClF2NOP/c9-5-2-7(14)6(13-8(10)11)1-4(5)3-12/h1-2,8H,14H2. The van der Waals surface area contributed by atoms with Gasteiger partial charge in [0.15, 0.2) is 0 Å². The monoisotopic (exact) mass is 235 g/mol. The van der Waals surface area contributed by atoms with Crippen molar-refractivity contribution < 1.29 is 13.5 Å². The van der Waals surface area contributed by atoms with Gasteiger partial charge in [-0.15, -0.1) is 9.24 Å². The fourth-order valence-corrected chi connectivity index (χ4v) is 1.49. The van der Waals surface area contributed by atoms with Crippen molar-refractivity contribution in [3.63, 3.8) is 0 Å². The van der Waals surface area contributed by atoms with Gasteiger partial charge in [-0.25, -0.2) is 0 Å². The Morgan fingerprint density at radius 3 is 2.64 bits per heavy atom. The third-order valence-corrected chi connectivity index (χ3v) is 2.20. The molecule has 2 nitrogen and oxygen atoms in total. The lowest BCUT2D eigenvalue weighted by Crippen LogP contribution is -2.08. The molecule has 6 heteroatoms. The number of benzene rings is 1. The number of hydrogen-bond donors (Lipinski definition) is 0. The quantitative estimate of drug-likeness (QED) is 0.737. The highest BCUT2D eigenvalue weighted by Crippen LogP contribution is 2.22. The predicted octanol–water partition coefficient (Wildman–Crippen LogP) is 2.31. The summed E-state index contributed by atoms with van der Waals surface area (Å²) in [6.45, 7) is -2.91. The van der Waals surface area contributed by atoms with Crippen LogP contribution in [0.2, 0.25) is 5.02 Å². The number of nitriles is 1. The maximum absolute atomic E-state index is 11.9. The first-order valence-electron chi connectivity index (χ1n) is 3.48. The highest BCUT2D eigenvalue weighted by Gasteiger charge is 2.10. The van der Waals surface area contributed by atoms with Gasteiger partial charge in [0.2, 0.25) is 0 Å². The highest BCUT2D eigenvalue weighted by molar-refractivity contribution is 7.27. The normalized spacial score (nSPS) is 10.0. The molecule has 0 heterocycles. The molecule has 0 fully saturated rings. The molecule has 0 aliphatic rings. The molecule has 0 aliphatic carbocycles. The molecule has 74 valence electrons. The first kappa shape index (κ1) is 11.2. The third-order valence-electron chi connectivity index (χ3n) is 1.44. The first-order chi connectivity index (χ1) is 6.54. The molecule has 0 radical (unpaired) electrons. The molecule has 0 aromatic heterocycles. The van der Waals surface area contributed by atoms with Crippen molar-refractivity contribution >= 4 is 26.1 Å². The molecular weight excluding hydrogens is 231 g/mol. The Kier molecular flexibility index (Phi) is 3.62. The van der Waals surface area contributed by atoms with Gasteiger partial charge in [-0.2, -0.15) is 14.0 Å². The van der Waals surface area contributed by atoms with E-state index in [1.54, 1.807) is 6.07 Å². The Hall–Kier alpha value is -0.910. The molecule has 0 saturated heterocycles. The molecule has 0 aliphatic heterocycles. The lowest BCUT2D eigenvalue weighted by molar-refractivity contribution is -0.0491. The second kappa shape index (κ2) is 4.54. The topological polar surface area (TPSA) is 33.0 Å². The van der Waals surface area contributed by atoms with E-state index in [0.717, 1.165) is 0 Å². The zero-order valence-corrected chi connectivity index (χ0v) is 8.71. The molecule has 1 atom stereocenters. The van der Waals surface area contributed by atoms with Crippen molar-refractivity contribution in [2.45, 2.75) is 6.61 Å². The van der Waals surface area contributed by atoms with E-state index in [1.807, 2.05) is 0 Å². The maximum Gasteiger partial charge on any atom is 0.387 e. The SMILES string of the molecule is N#Cc1cc(OC(F)F)c(P)cc1Cl. The Labute approximate surface area is 86.6 Å². The average molecular weight is 236 g/mol. The van der Waals surface area contributed by atoms with Gasteiger partial charge in [0, 0.05) is 11.4 Å². The minimum absolute atomic E-state index is 0.0639. The van der Waals surface area contributed by atoms with Gasteiger partial charge in [0.1, 0.15) is 11.8 Å². The second-order valence-electron chi connectivity index (χ2n) is 2.36.